The molecule has 2 N–H and O–H groups in total. The number of fused-ring (bicyclic) bond motifs is 1. The minimum absolute atomic E-state index is 0.567. The van der Waals surface area contributed by atoms with Crippen molar-refractivity contribution in [2.45, 2.75) is 51.7 Å². The number of piperazine rings is 1. The summed E-state index contributed by atoms with van der Waals surface area (Å²) in [6.45, 7) is 11.6. The summed E-state index contributed by atoms with van der Waals surface area (Å²) < 4.78 is 0. The molecule has 2 aliphatic heterocycles. The van der Waals surface area contributed by atoms with Gasteiger partial charge >= 0.3 is 0 Å². The molecule has 0 aliphatic carbocycles. The number of hydrogen-bond donors (Lipinski definition) is 1. The maximum atomic E-state index is 5.95. The lowest BCUT2D eigenvalue weighted by atomic mass is 9.97. The molecule has 3 nitrogen and oxygen atoms in total. The maximum Gasteiger partial charge on any atom is 0.0245 e. The molecule has 3 unspecified atom stereocenters. The van der Waals surface area contributed by atoms with Gasteiger partial charge in [-0.1, -0.05) is 13.8 Å². The molecule has 2 saturated heterocycles. The molecule has 3 heteroatoms. The first-order valence-electron chi connectivity index (χ1n) is 6.83. The predicted molar refractivity (Wildman–Crippen MR) is 68.4 cm³/mol. The molecule has 2 fully saturated rings. The molecule has 0 saturated carbocycles. The Hall–Kier alpha value is -0.120. The van der Waals surface area contributed by atoms with Crippen LogP contribution < -0.4 is 5.73 Å². The van der Waals surface area contributed by atoms with Gasteiger partial charge in [-0.25, -0.2) is 0 Å². The van der Waals surface area contributed by atoms with Crippen molar-refractivity contribution in [3.8, 4) is 0 Å². The molecule has 2 rings (SSSR count). The normalized spacial score (nSPS) is 34.3. The van der Waals surface area contributed by atoms with Gasteiger partial charge in [-0.15, -0.1) is 0 Å². The smallest absolute Gasteiger partial charge is 0.0245 e. The van der Waals surface area contributed by atoms with E-state index in [2.05, 4.69) is 30.6 Å². The van der Waals surface area contributed by atoms with Gasteiger partial charge in [0.05, 0.1) is 0 Å². The van der Waals surface area contributed by atoms with Crippen molar-refractivity contribution >= 4 is 0 Å². The molecule has 0 aromatic carbocycles. The molecule has 0 spiro atoms. The summed E-state index contributed by atoms with van der Waals surface area (Å²) >= 11 is 0. The van der Waals surface area contributed by atoms with Gasteiger partial charge in [0, 0.05) is 37.8 Å². The third-order valence-electron chi connectivity index (χ3n) is 4.42. The van der Waals surface area contributed by atoms with Crippen molar-refractivity contribution in [1.29, 1.82) is 0 Å². The molecule has 2 aliphatic rings. The lowest BCUT2D eigenvalue weighted by molar-refractivity contribution is 0.0162. The van der Waals surface area contributed by atoms with E-state index in [0.29, 0.717) is 18.0 Å². The fraction of sp³-hybridized carbons (Fsp3) is 1.00. The second-order valence-electron chi connectivity index (χ2n) is 5.88. The van der Waals surface area contributed by atoms with Crippen molar-refractivity contribution in [3.63, 3.8) is 0 Å². The van der Waals surface area contributed by atoms with Crippen LogP contribution in [0.1, 0.15) is 33.6 Å². The van der Waals surface area contributed by atoms with Gasteiger partial charge in [-0.2, -0.15) is 0 Å². The Labute approximate surface area is 100.0 Å². The Morgan fingerprint density at radius 2 is 2.06 bits per heavy atom. The van der Waals surface area contributed by atoms with Crippen LogP contribution in [-0.2, 0) is 0 Å². The van der Waals surface area contributed by atoms with Crippen LogP contribution in [0.2, 0.25) is 0 Å². The highest BCUT2D eigenvalue weighted by Crippen LogP contribution is 2.27. The van der Waals surface area contributed by atoms with Crippen LogP contribution in [0.4, 0.5) is 0 Å². The summed E-state index contributed by atoms with van der Waals surface area (Å²) in [5.41, 5.74) is 5.95. The summed E-state index contributed by atoms with van der Waals surface area (Å²) in [5.74, 6) is 0.667. The molecule has 2 heterocycles. The van der Waals surface area contributed by atoms with Crippen molar-refractivity contribution in [3.05, 3.63) is 0 Å². The van der Waals surface area contributed by atoms with Gasteiger partial charge in [-0.3, -0.25) is 9.80 Å². The highest BCUT2D eigenvalue weighted by atomic mass is 15.3. The third-order valence-corrected chi connectivity index (χ3v) is 4.42. The molecule has 0 bridgehead atoms. The summed E-state index contributed by atoms with van der Waals surface area (Å²) in [5, 5.41) is 0. The minimum atomic E-state index is 0.567. The molecular formula is C13H27N3. The van der Waals surface area contributed by atoms with Gasteiger partial charge in [-0.05, 0) is 32.2 Å². The first-order chi connectivity index (χ1) is 7.63. The van der Waals surface area contributed by atoms with Gasteiger partial charge in [0.2, 0.25) is 0 Å². The van der Waals surface area contributed by atoms with Crippen LogP contribution in [0.5, 0.6) is 0 Å². The van der Waals surface area contributed by atoms with Crippen LogP contribution in [0.3, 0.4) is 0 Å². The third kappa shape index (κ3) is 2.27. The van der Waals surface area contributed by atoms with Crippen molar-refractivity contribution in [2.75, 3.05) is 26.2 Å². The maximum absolute atomic E-state index is 5.95. The van der Waals surface area contributed by atoms with E-state index in [1.807, 2.05) is 0 Å². The first-order valence-corrected chi connectivity index (χ1v) is 6.83. The van der Waals surface area contributed by atoms with E-state index in [1.165, 1.54) is 32.5 Å². The predicted octanol–water partition coefficient (Wildman–Crippen LogP) is 1.14. The Bertz CT molecular complexity index is 229. The Morgan fingerprint density at radius 1 is 1.31 bits per heavy atom. The summed E-state index contributed by atoms with van der Waals surface area (Å²) in [6, 6.07) is 2.05. The van der Waals surface area contributed by atoms with Gasteiger partial charge in [0.15, 0.2) is 0 Å². The fourth-order valence-electron chi connectivity index (χ4n) is 3.46. The fourth-order valence-corrected chi connectivity index (χ4v) is 3.46. The topological polar surface area (TPSA) is 32.5 Å². The summed E-state index contributed by atoms with van der Waals surface area (Å²) in [7, 11) is 0. The minimum Gasteiger partial charge on any atom is -0.329 e. The van der Waals surface area contributed by atoms with Crippen LogP contribution in [-0.4, -0.2) is 54.1 Å². The molecule has 0 amide bonds. The Balaban J connectivity index is 2.03. The zero-order valence-electron chi connectivity index (χ0n) is 11.0. The van der Waals surface area contributed by atoms with E-state index in [4.69, 9.17) is 5.73 Å². The number of nitrogens with zero attached hydrogens (tertiary/aromatic N) is 2. The van der Waals surface area contributed by atoms with Crippen LogP contribution in [0.15, 0.2) is 0 Å². The summed E-state index contributed by atoms with van der Waals surface area (Å²) in [6.07, 6.45) is 2.78. The average molecular weight is 225 g/mol. The molecule has 0 radical (unpaired) electrons. The molecular weight excluding hydrogens is 198 g/mol. The van der Waals surface area contributed by atoms with Crippen LogP contribution in [0, 0.1) is 5.92 Å². The second-order valence-corrected chi connectivity index (χ2v) is 5.88. The number of hydrogen-bond acceptors (Lipinski definition) is 3. The van der Waals surface area contributed by atoms with E-state index < -0.39 is 0 Å². The van der Waals surface area contributed by atoms with Crippen molar-refractivity contribution in [1.82, 2.24) is 9.80 Å². The van der Waals surface area contributed by atoms with Gasteiger partial charge in [0.1, 0.15) is 0 Å². The Morgan fingerprint density at radius 3 is 2.69 bits per heavy atom. The number of rotatable bonds is 3. The van der Waals surface area contributed by atoms with E-state index in [-0.39, 0.29) is 0 Å². The lowest BCUT2D eigenvalue weighted by Crippen LogP contribution is -2.60. The van der Waals surface area contributed by atoms with Gasteiger partial charge in [0.25, 0.3) is 0 Å². The van der Waals surface area contributed by atoms with Crippen molar-refractivity contribution < 1.29 is 0 Å². The second kappa shape index (κ2) is 5.03. The lowest BCUT2D eigenvalue weighted by Gasteiger charge is -2.47. The van der Waals surface area contributed by atoms with Crippen molar-refractivity contribution in [2.24, 2.45) is 11.7 Å². The molecule has 3 atom stereocenters. The zero-order valence-corrected chi connectivity index (χ0v) is 11.0. The summed E-state index contributed by atoms with van der Waals surface area (Å²) in [4.78, 5) is 5.34. The zero-order chi connectivity index (χ0) is 11.7. The monoisotopic (exact) mass is 225 g/mol. The standard InChI is InChI=1S/C13H27N3/c1-10(2)13(7-14)16-9-12-5-4-6-15(12)8-11(16)3/h10-13H,4-9,14H2,1-3H3. The Kier molecular flexibility index (Phi) is 3.88. The van der Waals surface area contributed by atoms with E-state index in [1.54, 1.807) is 0 Å². The molecule has 16 heavy (non-hydrogen) atoms. The molecule has 0 aromatic rings. The van der Waals surface area contributed by atoms with Gasteiger partial charge < -0.3 is 5.73 Å². The van der Waals surface area contributed by atoms with E-state index >= 15 is 0 Å². The first kappa shape index (κ1) is 12.3. The van der Waals surface area contributed by atoms with Crippen LogP contribution >= 0.6 is 0 Å². The van der Waals surface area contributed by atoms with Crippen LogP contribution in [0.25, 0.3) is 0 Å². The molecule has 94 valence electrons. The highest BCUT2D eigenvalue weighted by molar-refractivity contribution is 4.93. The van der Waals surface area contributed by atoms with E-state index in [9.17, 15) is 0 Å². The highest BCUT2D eigenvalue weighted by Gasteiger charge is 2.37. The SMILES string of the molecule is CC(C)C(CN)N1CC2CCCN2CC1C. The average Bonchev–Trinajstić information content (AvgIpc) is 2.65. The number of nitrogens with two attached hydrogens (primary N) is 1. The van der Waals surface area contributed by atoms with E-state index in [0.717, 1.165) is 12.6 Å². The quantitative estimate of drug-likeness (QED) is 0.782. The molecule has 0 aromatic heterocycles. The largest absolute Gasteiger partial charge is 0.329 e.